The number of hydrogen-bond donors (Lipinski definition) is 1. The van der Waals surface area contributed by atoms with E-state index in [0.29, 0.717) is 26.2 Å². The van der Waals surface area contributed by atoms with Crippen LogP contribution >= 0.6 is 0 Å². The predicted molar refractivity (Wildman–Crippen MR) is 88.5 cm³/mol. The molecule has 3 nitrogen and oxygen atoms in total. The van der Waals surface area contributed by atoms with Crippen LogP contribution in [-0.4, -0.2) is 19.1 Å². The molecule has 0 bridgehead atoms. The third kappa shape index (κ3) is 6.55. The van der Waals surface area contributed by atoms with Crippen molar-refractivity contribution in [2.45, 2.75) is 25.9 Å². The van der Waals surface area contributed by atoms with Crippen molar-refractivity contribution in [3.8, 4) is 0 Å². The van der Waals surface area contributed by atoms with Crippen LogP contribution in [-0.2, 0) is 22.6 Å². The fourth-order valence-corrected chi connectivity index (χ4v) is 2.18. The summed E-state index contributed by atoms with van der Waals surface area (Å²) in [6, 6.07) is 20.2. The van der Waals surface area contributed by atoms with Gasteiger partial charge in [-0.1, -0.05) is 60.7 Å². The highest BCUT2D eigenvalue weighted by Gasteiger charge is 2.01. The van der Waals surface area contributed by atoms with Crippen molar-refractivity contribution < 1.29 is 9.53 Å². The fraction of sp³-hybridized carbons (Fsp3) is 0.316. The molecule has 2 aromatic rings. The van der Waals surface area contributed by atoms with Gasteiger partial charge in [0.15, 0.2) is 0 Å². The van der Waals surface area contributed by atoms with Gasteiger partial charge in [0, 0.05) is 19.6 Å². The molecule has 116 valence electrons. The lowest BCUT2D eigenvalue weighted by Crippen LogP contribution is -2.25. The molecule has 1 amide bonds. The molecule has 0 radical (unpaired) electrons. The first kappa shape index (κ1) is 16.2. The molecule has 0 aliphatic heterocycles. The molecule has 0 fully saturated rings. The number of ether oxygens (including phenoxy) is 1. The maximum atomic E-state index is 11.7. The van der Waals surface area contributed by atoms with Crippen LogP contribution in [0.5, 0.6) is 0 Å². The van der Waals surface area contributed by atoms with Crippen molar-refractivity contribution in [3.63, 3.8) is 0 Å². The molecule has 0 saturated carbocycles. The minimum absolute atomic E-state index is 0.0965. The van der Waals surface area contributed by atoms with E-state index in [4.69, 9.17) is 4.74 Å². The standard InChI is InChI=1S/C19H23NO2/c21-19(20-14-13-17-8-3-1-4-9-17)12-7-15-22-16-18-10-5-2-6-11-18/h1-6,8-11H,7,12-16H2,(H,20,21). The molecule has 0 atom stereocenters. The largest absolute Gasteiger partial charge is 0.377 e. The zero-order valence-electron chi connectivity index (χ0n) is 12.8. The van der Waals surface area contributed by atoms with Crippen LogP contribution in [0.2, 0.25) is 0 Å². The molecule has 0 unspecified atom stereocenters. The number of amides is 1. The molecule has 0 aliphatic carbocycles. The summed E-state index contributed by atoms with van der Waals surface area (Å²) in [4.78, 5) is 11.7. The monoisotopic (exact) mass is 297 g/mol. The molecule has 1 N–H and O–H groups in total. The molecule has 0 aromatic heterocycles. The average Bonchev–Trinajstić information content (AvgIpc) is 2.56. The van der Waals surface area contributed by atoms with E-state index in [2.05, 4.69) is 17.4 Å². The lowest BCUT2D eigenvalue weighted by Gasteiger charge is -2.06. The van der Waals surface area contributed by atoms with Crippen molar-refractivity contribution in [2.24, 2.45) is 0 Å². The van der Waals surface area contributed by atoms with E-state index < -0.39 is 0 Å². The summed E-state index contributed by atoms with van der Waals surface area (Å²) in [5.41, 5.74) is 2.41. The Kier molecular flexibility index (Phi) is 7.19. The summed E-state index contributed by atoms with van der Waals surface area (Å²) in [5.74, 6) is 0.0965. The maximum absolute atomic E-state index is 11.7. The second-order valence-electron chi connectivity index (χ2n) is 5.23. The quantitative estimate of drug-likeness (QED) is 0.721. The van der Waals surface area contributed by atoms with Gasteiger partial charge in [0.1, 0.15) is 0 Å². The topological polar surface area (TPSA) is 38.3 Å². The highest BCUT2D eigenvalue weighted by atomic mass is 16.5. The Labute approximate surface area is 132 Å². The molecule has 0 heterocycles. The van der Waals surface area contributed by atoms with E-state index >= 15 is 0 Å². The van der Waals surface area contributed by atoms with Crippen molar-refractivity contribution >= 4 is 5.91 Å². The van der Waals surface area contributed by atoms with Gasteiger partial charge >= 0.3 is 0 Å². The Morgan fingerprint density at radius 1 is 0.909 bits per heavy atom. The minimum Gasteiger partial charge on any atom is -0.377 e. The first-order valence-electron chi connectivity index (χ1n) is 7.77. The van der Waals surface area contributed by atoms with Crippen molar-refractivity contribution in [1.82, 2.24) is 5.32 Å². The molecule has 2 rings (SSSR count). The zero-order chi connectivity index (χ0) is 15.5. The summed E-state index contributed by atoms with van der Waals surface area (Å²) in [6.45, 7) is 1.91. The fourth-order valence-electron chi connectivity index (χ4n) is 2.18. The van der Waals surface area contributed by atoms with Gasteiger partial charge in [0.05, 0.1) is 6.61 Å². The van der Waals surface area contributed by atoms with Gasteiger partial charge < -0.3 is 10.1 Å². The Bertz CT molecular complexity index is 540. The van der Waals surface area contributed by atoms with Crippen LogP contribution < -0.4 is 5.32 Å². The predicted octanol–water partition coefficient (Wildman–Crippen LogP) is 3.34. The van der Waals surface area contributed by atoms with Gasteiger partial charge in [-0.15, -0.1) is 0 Å². The highest BCUT2D eigenvalue weighted by molar-refractivity contribution is 5.75. The van der Waals surface area contributed by atoms with Gasteiger partial charge in [-0.3, -0.25) is 4.79 Å². The van der Waals surface area contributed by atoms with Crippen LogP contribution in [0.3, 0.4) is 0 Å². The second kappa shape index (κ2) is 9.74. The zero-order valence-corrected chi connectivity index (χ0v) is 12.8. The lowest BCUT2D eigenvalue weighted by atomic mass is 10.1. The number of rotatable bonds is 9. The lowest BCUT2D eigenvalue weighted by molar-refractivity contribution is -0.121. The molecule has 0 spiro atoms. The number of benzene rings is 2. The molecular formula is C19H23NO2. The van der Waals surface area contributed by atoms with Crippen LogP contribution in [0.4, 0.5) is 0 Å². The third-order valence-corrected chi connectivity index (χ3v) is 3.38. The van der Waals surface area contributed by atoms with Crippen LogP contribution in [0.1, 0.15) is 24.0 Å². The van der Waals surface area contributed by atoms with E-state index in [1.165, 1.54) is 5.56 Å². The van der Waals surface area contributed by atoms with Gasteiger partial charge in [-0.25, -0.2) is 0 Å². The summed E-state index contributed by atoms with van der Waals surface area (Å²) in [6.07, 6.45) is 2.14. The first-order chi connectivity index (χ1) is 10.8. The summed E-state index contributed by atoms with van der Waals surface area (Å²) >= 11 is 0. The average molecular weight is 297 g/mol. The summed E-state index contributed by atoms with van der Waals surface area (Å²) in [5, 5.41) is 2.95. The summed E-state index contributed by atoms with van der Waals surface area (Å²) in [7, 11) is 0. The van der Waals surface area contributed by atoms with Gasteiger partial charge in [-0.2, -0.15) is 0 Å². The van der Waals surface area contributed by atoms with Crippen LogP contribution in [0, 0.1) is 0 Å². The van der Waals surface area contributed by atoms with Crippen molar-refractivity contribution in [2.75, 3.05) is 13.2 Å². The van der Waals surface area contributed by atoms with E-state index in [9.17, 15) is 4.79 Å². The van der Waals surface area contributed by atoms with Crippen LogP contribution in [0.15, 0.2) is 60.7 Å². The maximum Gasteiger partial charge on any atom is 0.220 e. The number of hydrogen-bond acceptors (Lipinski definition) is 2. The molecule has 0 saturated heterocycles. The number of nitrogens with one attached hydrogen (secondary N) is 1. The molecule has 2 aromatic carbocycles. The summed E-state index contributed by atoms with van der Waals surface area (Å²) < 4.78 is 5.56. The molecule has 22 heavy (non-hydrogen) atoms. The van der Waals surface area contributed by atoms with Crippen molar-refractivity contribution in [3.05, 3.63) is 71.8 Å². The van der Waals surface area contributed by atoms with Crippen molar-refractivity contribution in [1.29, 1.82) is 0 Å². The Balaban J connectivity index is 1.49. The van der Waals surface area contributed by atoms with E-state index in [1.54, 1.807) is 0 Å². The highest BCUT2D eigenvalue weighted by Crippen LogP contribution is 2.02. The molecular weight excluding hydrogens is 274 g/mol. The van der Waals surface area contributed by atoms with E-state index in [0.717, 1.165) is 18.4 Å². The van der Waals surface area contributed by atoms with E-state index in [1.807, 2.05) is 48.5 Å². The Morgan fingerprint density at radius 3 is 2.23 bits per heavy atom. The first-order valence-corrected chi connectivity index (χ1v) is 7.77. The number of carbonyl (C=O) groups is 1. The molecule has 3 heteroatoms. The van der Waals surface area contributed by atoms with Gasteiger partial charge in [0.25, 0.3) is 0 Å². The Hall–Kier alpha value is -2.13. The van der Waals surface area contributed by atoms with Gasteiger partial charge in [0.2, 0.25) is 5.91 Å². The Morgan fingerprint density at radius 2 is 1.55 bits per heavy atom. The third-order valence-electron chi connectivity index (χ3n) is 3.38. The normalized spacial score (nSPS) is 10.4. The van der Waals surface area contributed by atoms with E-state index in [-0.39, 0.29) is 5.91 Å². The van der Waals surface area contributed by atoms with Gasteiger partial charge in [-0.05, 0) is 24.0 Å². The molecule has 0 aliphatic rings. The number of carbonyl (C=O) groups excluding carboxylic acids is 1. The second-order valence-corrected chi connectivity index (χ2v) is 5.23. The SMILES string of the molecule is O=C(CCCOCc1ccccc1)NCCc1ccccc1. The smallest absolute Gasteiger partial charge is 0.220 e. The van der Waals surface area contributed by atoms with Crippen LogP contribution in [0.25, 0.3) is 0 Å². The minimum atomic E-state index is 0.0965.